The molecule has 2 rings (SSSR count). The Morgan fingerprint density at radius 2 is 2.12 bits per heavy atom. The zero-order chi connectivity index (χ0) is 12.3. The van der Waals surface area contributed by atoms with Gasteiger partial charge in [-0.3, -0.25) is 15.4 Å². The molecule has 0 unspecified atom stereocenters. The van der Waals surface area contributed by atoms with Crippen LogP contribution in [-0.4, -0.2) is 22.8 Å². The van der Waals surface area contributed by atoms with E-state index in [2.05, 4.69) is 15.6 Å². The first-order chi connectivity index (χ1) is 8.19. The Balaban J connectivity index is 1.96. The van der Waals surface area contributed by atoms with Crippen LogP contribution < -0.4 is 10.6 Å². The summed E-state index contributed by atoms with van der Waals surface area (Å²) in [4.78, 5) is 27.8. The smallest absolute Gasteiger partial charge is 0.283 e. The molecular weight excluding hydrogens is 262 g/mol. The van der Waals surface area contributed by atoms with E-state index in [0.29, 0.717) is 5.13 Å². The zero-order valence-corrected chi connectivity index (χ0v) is 10.7. The zero-order valence-electron chi connectivity index (χ0n) is 9.09. The van der Waals surface area contributed by atoms with Crippen LogP contribution in [0.5, 0.6) is 0 Å². The molecule has 0 aromatic carbocycles. The molecule has 5 nitrogen and oxygen atoms in total. The summed E-state index contributed by atoms with van der Waals surface area (Å²) in [6, 6.07) is -0.582. The van der Waals surface area contributed by atoms with E-state index in [1.54, 1.807) is 0 Å². The lowest BCUT2D eigenvalue weighted by Gasteiger charge is -2.06. The molecule has 0 bridgehead atoms. The predicted molar refractivity (Wildman–Crippen MR) is 66.6 cm³/mol. The van der Waals surface area contributed by atoms with E-state index in [4.69, 9.17) is 11.6 Å². The maximum absolute atomic E-state index is 11.4. The van der Waals surface area contributed by atoms with Gasteiger partial charge in [0.2, 0.25) is 5.91 Å². The van der Waals surface area contributed by atoms with Crippen molar-refractivity contribution in [1.29, 1.82) is 0 Å². The van der Waals surface area contributed by atoms with Crippen LogP contribution in [0.1, 0.15) is 23.4 Å². The molecule has 3 amide bonds. The Morgan fingerprint density at radius 3 is 2.82 bits per heavy atom. The fourth-order valence-electron chi connectivity index (χ4n) is 1.69. The van der Waals surface area contributed by atoms with E-state index in [0.717, 1.165) is 25.0 Å². The van der Waals surface area contributed by atoms with Crippen LogP contribution in [0.3, 0.4) is 0 Å². The quantitative estimate of drug-likeness (QED) is 0.809. The first kappa shape index (κ1) is 12.3. The summed E-state index contributed by atoms with van der Waals surface area (Å²) >= 11 is 6.75. The molecule has 1 aromatic rings. The van der Waals surface area contributed by atoms with Crippen molar-refractivity contribution in [3.63, 3.8) is 0 Å². The van der Waals surface area contributed by atoms with Gasteiger partial charge in [-0.25, -0.2) is 9.78 Å². The number of amides is 3. The minimum absolute atomic E-state index is 0.234. The predicted octanol–water partition coefficient (Wildman–Crippen LogP) is 1.91. The molecule has 0 radical (unpaired) electrons. The highest BCUT2D eigenvalue weighted by atomic mass is 35.5. The van der Waals surface area contributed by atoms with E-state index in [1.165, 1.54) is 22.6 Å². The number of anilines is 1. The molecule has 7 heteroatoms. The van der Waals surface area contributed by atoms with Crippen LogP contribution in [0.25, 0.3) is 0 Å². The van der Waals surface area contributed by atoms with Crippen molar-refractivity contribution in [3.05, 3.63) is 10.6 Å². The maximum atomic E-state index is 11.4. The van der Waals surface area contributed by atoms with Crippen molar-refractivity contribution < 1.29 is 9.59 Å². The van der Waals surface area contributed by atoms with Gasteiger partial charge in [0.25, 0.3) is 0 Å². The summed E-state index contributed by atoms with van der Waals surface area (Å²) in [6.07, 6.45) is 4.31. The second-order valence-electron chi connectivity index (χ2n) is 3.73. The number of rotatable bonds is 2. The fraction of sp³-hybridized carbons (Fsp3) is 0.500. The van der Waals surface area contributed by atoms with Crippen LogP contribution in [0.4, 0.5) is 9.93 Å². The Kier molecular flexibility index (Phi) is 3.96. The van der Waals surface area contributed by atoms with Crippen molar-refractivity contribution >= 4 is 40.0 Å². The van der Waals surface area contributed by atoms with Gasteiger partial charge >= 0.3 is 6.03 Å². The Labute approximate surface area is 108 Å². The molecule has 0 saturated heterocycles. The number of carbonyl (C=O) groups is 2. The van der Waals surface area contributed by atoms with Gasteiger partial charge in [-0.1, -0.05) is 0 Å². The summed E-state index contributed by atoms with van der Waals surface area (Å²) in [5.41, 5.74) is 1.07. The van der Waals surface area contributed by atoms with Crippen molar-refractivity contribution in [2.75, 3.05) is 11.2 Å². The number of aryl methyl sites for hydroxylation is 2. The monoisotopic (exact) mass is 273 g/mol. The van der Waals surface area contributed by atoms with Gasteiger partial charge in [-0.2, -0.15) is 0 Å². The minimum Gasteiger partial charge on any atom is -0.283 e. The molecule has 1 heterocycles. The number of alkyl halides is 1. The number of fused-ring (bicyclic) bond motifs is 1. The van der Waals surface area contributed by atoms with E-state index < -0.39 is 11.9 Å². The van der Waals surface area contributed by atoms with Crippen LogP contribution >= 0.6 is 22.9 Å². The van der Waals surface area contributed by atoms with Gasteiger partial charge in [0.1, 0.15) is 5.88 Å². The first-order valence-electron chi connectivity index (χ1n) is 5.34. The van der Waals surface area contributed by atoms with Gasteiger partial charge < -0.3 is 0 Å². The third kappa shape index (κ3) is 3.17. The van der Waals surface area contributed by atoms with Gasteiger partial charge in [-0.05, 0) is 25.7 Å². The molecule has 0 fully saturated rings. The average Bonchev–Trinajstić information content (AvgIpc) is 2.70. The van der Waals surface area contributed by atoms with E-state index >= 15 is 0 Å². The summed E-state index contributed by atoms with van der Waals surface area (Å²) < 4.78 is 0. The van der Waals surface area contributed by atoms with Gasteiger partial charge in [-0.15, -0.1) is 22.9 Å². The van der Waals surface area contributed by atoms with Crippen molar-refractivity contribution in [2.45, 2.75) is 25.7 Å². The highest BCUT2D eigenvalue weighted by Crippen LogP contribution is 2.29. The molecule has 17 heavy (non-hydrogen) atoms. The Hall–Kier alpha value is -1.14. The number of nitrogens with zero attached hydrogens (tertiary/aromatic N) is 1. The summed E-state index contributed by atoms with van der Waals surface area (Å²) in [5, 5.41) is 5.19. The highest BCUT2D eigenvalue weighted by Gasteiger charge is 2.16. The number of halogens is 1. The van der Waals surface area contributed by atoms with Gasteiger partial charge in [0, 0.05) is 4.88 Å². The lowest BCUT2D eigenvalue weighted by atomic mass is 10.0. The van der Waals surface area contributed by atoms with Crippen LogP contribution in [0.15, 0.2) is 0 Å². The van der Waals surface area contributed by atoms with E-state index in [9.17, 15) is 9.59 Å². The molecule has 0 saturated carbocycles. The van der Waals surface area contributed by atoms with Crippen molar-refractivity contribution in [1.82, 2.24) is 10.3 Å². The highest BCUT2D eigenvalue weighted by molar-refractivity contribution is 7.15. The number of carbonyl (C=O) groups excluding carboxylic acids is 2. The number of imide groups is 1. The van der Waals surface area contributed by atoms with Crippen molar-refractivity contribution in [3.8, 4) is 0 Å². The normalized spacial score (nSPS) is 13.9. The number of urea groups is 1. The molecule has 1 aliphatic carbocycles. The third-order valence-electron chi connectivity index (χ3n) is 2.44. The van der Waals surface area contributed by atoms with Gasteiger partial charge in [0.05, 0.1) is 5.69 Å². The lowest BCUT2D eigenvalue weighted by Crippen LogP contribution is -2.35. The Morgan fingerprint density at radius 1 is 1.35 bits per heavy atom. The molecule has 0 atom stereocenters. The number of hydrogen-bond donors (Lipinski definition) is 2. The molecule has 92 valence electrons. The molecular formula is C10H12ClN3O2S. The second kappa shape index (κ2) is 5.46. The van der Waals surface area contributed by atoms with Crippen LogP contribution in [-0.2, 0) is 17.6 Å². The SMILES string of the molecule is O=C(CCl)NC(=O)Nc1nc2c(s1)CCCC2. The second-order valence-corrected chi connectivity index (χ2v) is 5.08. The Bertz CT molecular complexity index is 423. The third-order valence-corrected chi connectivity index (χ3v) is 3.76. The maximum Gasteiger partial charge on any atom is 0.327 e. The number of hydrogen-bond acceptors (Lipinski definition) is 4. The average molecular weight is 274 g/mol. The fourth-order valence-corrected chi connectivity index (χ4v) is 2.81. The molecule has 2 N–H and O–H groups in total. The number of aromatic nitrogens is 1. The standard InChI is InChI=1S/C10H12ClN3O2S/c11-5-8(15)13-9(16)14-10-12-6-3-1-2-4-7(6)17-10/h1-5H2,(H2,12,13,14,15,16). The molecule has 0 aliphatic heterocycles. The summed E-state index contributed by atoms with van der Waals surface area (Å²) in [7, 11) is 0. The van der Waals surface area contributed by atoms with E-state index in [1.807, 2.05) is 0 Å². The minimum atomic E-state index is -0.582. The van der Waals surface area contributed by atoms with Crippen LogP contribution in [0, 0.1) is 0 Å². The van der Waals surface area contributed by atoms with E-state index in [-0.39, 0.29) is 5.88 Å². The topological polar surface area (TPSA) is 71.1 Å². The van der Waals surface area contributed by atoms with Gasteiger partial charge in [0.15, 0.2) is 5.13 Å². The van der Waals surface area contributed by atoms with Crippen LogP contribution in [0.2, 0.25) is 0 Å². The first-order valence-corrected chi connectivity index (χ1v) is 6.69. The molecule has 0 spiro atoms. The number of nitrogens with one attached hydrogen (secondary N) is 2. The lowest BCUT2D eigenvalue weighted by molar-refractivity contribution is -0.117. The molecule has 1 aromatic heterocycles. The summed E-state index contributed by atoms with van der Waals surface area (Å²) in [6.45, 7) is 0. The van der Waals surface area contributed by atoms with Crippen molar-refractivity contribution in [2.24, 2.45) is 0 Å². The molecule has 1 aliphatic rings. The number of thiazole rings is 1. The summed E-state index contributed by atoms with van der Waals surface area (Å²) in [5.74, 6) is -0.757. The largest absolute Gasteiger partial charge is 0.327 e.